The molecule has 1 unspecified atom stereocenters. The Morgan fingerprint density at radius 3 is 2.89 bits per heavy atom. The summed E-state index contributed by atoms with van der Waals surface area (Å²) in [6.07, 6.45) is 5.87. The van der Waals surface area contributed by atoms with Gasteiger partial charge in [-0.25, -0.2) is 0 Å². The molecule has 0 saturated carbocycles. The fraction of sp³-hybridized carbons (Fsp3) is 0.667. The molecule has 2 rings (SSSR count). The van der Waals surface area contributed by atoms with Gasteiger partial charge in [-0.05, 0) is 63.2 Å². The van der Waals surface area contributed by atoms with Crippen molar-refractivity contribution in [1.82, 2.24) is 9.88 Å². The van der Waals surface area contributed by atoms with Gasteiger partial charge in [0.15, 0.2) is 0 Å². The van der Waals surface area contributed by atoms with Crippen LogP contribution in [-0.4, -0.2) is 23.0 Å². The number of hydrogen-bond donors (Lipinski definition) is 1. The lowest BCUT2D eigenvalue weighted by Crippen LogP contribution is -2.25. The van der Waals surface area contributed by atoms with Crippen LogP contribution >= 0.6 is 0 Å². The highest BCUT2D eigenvalue weighted by Gasteiger charge is 2.16. The lowest BCUT2D eigenvalue weighted by molar-refractivity contribution is 0.270. The maximum Gasteiger partial charge on any atom is 0.0593 e. The van der Waals surface area contributed by atoms with Crippen LogP contribution in [0.25, 0.3) is 0 Å². The summed E-state index contributed by atoms with van der Waals surface area (Å²) in [5.74, 6) is 0.868. The number of aryl methyl sites for hydroxylation is 1. The number of nitrogen functional groups attached to an aromatic ring is 1. The molecule has 2 heterocycles. The summed E-state index contributed by atoms with van der Waals surface area (Å²) in [5.41, 5.74) is 10.4. The van der Waals surface area contributed by atoms with Gasteiger partial charge in [-0.15, -0.1) is 0 Å². The van der Waals surface area contributed by atoms with Gasteiger partial charge in [-0.1, -0.05) is 6.92 Å². The Balaban J connectivity index is 2.07. The van der Waals surface area contributed by atoms with Crippen LogP contribution in [0.1, 0.15) is 43.0 Å². The Kier molecular flexibility index (Phi) is 4.23. The van der Waals surface area contributed by atoms with E-state index in [2.05, 4.69) is 23.7 Å². The average molecular weight is 247 g/mol. The van der Waals surface area contributed by atoms with E-state index >= 15 is 0 Å². The van der Waals surface area contributed by atoms with E-state index in [1.807, 2.05) is 13.1 Å². The molecular formula is C15H25N3. The predicted molar refractivity (Wildman–Crippen MR) is 76.4 cm³/mol. The third-order valence-electron chi connectivity index (χ3n) is 4.16. The summed E-state index contributed by atoms with van der Waals surface area (Å²) < 4.78 is 0. The lowest BCUT2D eigenvalue weighted by Gasteiger charge is -2.21. The summed E-state index contributed by atoms with van der Waals surface area (Å²) in [4.78, 5) is 7.08. The molecule has 0 bridgehead atoms. The van der Waals surface area contributed by atoms with Crippen molar-refractivity contribution in [2.24, 2.45) is 5.92 Å². The molecule has 1 aliphatic heterocycles. The highest BCUT2D eigenvalue weighted by Crippen LogP contribution is 2.22. The van der Waals surface area contributed by atoms with Crippen molar-refractivity contribution in [2.75, 3.05) is 18.8 Å². The van der Waals surface area contributed by atoms with Crippen molar-refractivity contribution in [3.8, 4) is 0 Å². The molecular weight excluding hydrogens is 222 g/mol. The fourth-order valence-electron chi connectivity index (χ4n) is 2.64. The summed E-state index contributed by atoms with van der Waals surface area (Å²) in [5, 5.41) is 0. The molecule has 1 aromatic heterocycles. The molecule has 18 heavy (non-hydrogen) atoms. The van der Waals surface area contributed by atoms with Crippen molar-refractivity contribution in [3.05, 3.63) is 23.0 Å². The number of nitrogens with zero attached hydrogens (tertiary/aromatic N) is 2. The van der Waals surface area contributed by atoms with Crippen LogP contribution in [-0.2, 0) is 6.54 Å². The van der Waals surface area contributed by atoms with Crippen LogP contribution in [0.15, 0.2) is 6.20 Å². The fourth-order valence-corrected chi connectivity index (χ4v) is 2.64. The Bertz CT molecular complexity index is 414. The van der Waals surface area contributed by atoms with Crippen LogP contribution in [0.3, 0.4) is 0 Å². The molecule has 2 N–H and O–H groups in total. The van der Waals surface area contributed by atoms with E-state index in [0.717, 1.165) is 35.0 Å². The van der Waals surface area contributed by atoms with Gasteiger partial charge in [0, 0.05) is 18.4 Å². The van der Waals surface area contributed by atoms with Crippen molar-refractivity contribution in [1.29, 1.82) is 0 Å². The second-order valence-electron chi connectivity index (χ2n) is 5.74. The maximum absolute atomic E-state index is 6.08. The van der Waals surface area contributed by atoms with Crippen LogP contribution < -0.4 is 5.73 Å². The molecule has 100 valence electrons. The van der Waals surface area contributed by atoms with E-state index in [4.69, 9.17) is 5.73 Å². The molecule has 3 heteroatoms. The summed E-state index contributed by atoms with van der Waals surface area (Å²) >= 11 is 0. The van der Waals surface area contributed by atoms with E-state index < -0.39 is 0 Å². The van der Waals surface area contributed by atoms with Crippen LogP contribution in [0.2, 0.25) is 0 Å². The zero-order valence-electron chi connectivity index (χ0n) is 11.9. The van der Waals surface area contributed by atoms with Crippen LogP contribution in [0.4, 0.5) is 5.69 Å². The summed E-state index contributed by atoms with van der Waals surface area (Å²) in [6.45, 7) is 9.80. The van der Waals surface area contributed by atoms with Crippen LogP contribution in [0.5, 0.6) is 0 Å². The van der Waals surface area contributed by atoms with E-state index in [-0.39, 0.29) is 0 Å². The monoisotopic (exact) mass is 247 g/mol. The van der Waals surface area contributed by atoms with Crippen molar-refractivity contribution < 1.29 is 0 Å². The molecule has 0 aliphatic carbocycles. The van der Waals surface area contributed by atoms with Gasteiger partial charge in [0.05, 0.1) is 5.69 Å². The predicted octanol–water partition coefficient (Wildman–Crippen LogP) is 2.90. The van der Waals surface area contributed by atoms with Gasteiger partial charge >= 0.3 is 0 Å². The number of pyridine rings is 1. The normalized spacial score (nSPS) is 21.8. The first kappa shape index (κ1) is 13.3. The molecule has 1 saturated heterocycles. The first-order valence-electron chi connectivity index (χ1n) is 7.01. The minimum absolute atomic E-state index is 0.868. The minimum atomic E-state index is 0.868. The zero-order chi connectivity index (χ0) is 13.1. The molecule has 0 amide bonds. The van der Waals surface area contributed by atoms with Crippen molar-refractivity contribution in [3.63, 3.8) is 0 Å². The van der Waals surface area contributed by atoms with Gasteiger partial charge in [-0.2, -0.15) is 0 Å². The van der Waals surface area contributed by atoms with E-state index in [0.29, 0.717) is 0 Å². The number of rotatable bonds is 2. The third-order valence-corrected chi connectivity index (χ3v) is 4.16. The van der Waals surface area contributed by atoms with Crippen LogP contribution in [0, 0.1) is 19.8 Å². The molecule has 0 spiro atoms. The Morgan fingerprint density at radius 1 is 1.33 bits per heavy atom. The number of hydrogen-bond acceptors (Lipinski definition) is 3. The van der Waals surface area contributed by atoms with E-state index in [1.54, 1.807) is 0 Å². The maximum atomic E-state index is 6.08. The van der Waals surface area contributed by atoms with E-state index in [1.165, 1.54) is 32.4 Å². The third kappa shape index (κ3) is 3.02. The van der Waals surface area contributed by atoms with Gasteiger partial charge < -0.3 is 5.73 Å². The number of aromatic nitrogens is 1. The van der Waals surface area contributed by atoms with Gasteiger partial charge in [0.1, 0.15) is 0 Å². The highest BCUT2D eigenvalue weighted by molar-refractivity contribution is 5.53. The Hall–Kier alpha value is -1.09. The van der Waals surface area contributed by atoms with E-state index in [9.17, 15) is 0 Å². The van der Waals surface area contributed by atoms with Gasteiger partial charge in [0.25, 0.3) is 0 Å². The summed E-state index contributed by atoms with van der Waals surface area (Å²) in [6, 6.07) is 0. The van der Waals surface area contributed by atoms with Crippen molar-refractivity contribution >= 4 is 5.69 Å². The zero-order valence-corrected chi connectivity index (χ0v) is 11.9. The smallest absolute Gasteiger partial charge is 0.0593 e. The lowest BCUT2D eigenvalue weighted by atomic mass is 10.0. The average Bonchev–Trinajstić information content (AvgIpc) is 2.55. The molecule has 0 radical (unpaired) electrons. The second kappa shape index (κ2) is 5.70. The minimum Gasteiger partial charge on any atom is -0.398 e. The Morgan fingerprint density at radius 2 is 2.11 bits per heavy atom. The standard InChI is InChI=1S/C15H25N3/c1-11-5-4-7-18(8-6-11)10-14-13(3)15(16)12(2)9-17-14/h9,11H,4-8,10H2,1-3H3,(H2,16,17). The number of anilines is 1. The Labute approximate surface area is 110 Å². The first-order chi connectivity index (χ1) is 8.58. The second-order valence-corrected chi connectivity index (χ2v) is 5.74. The molecule has 1 fully saturated rings. The molecule has 3 nitrogen and oxygen atoms in total. The number of nitrogens with two attached hydrogens (primary N) is 1. The molecule has 1 aromatic rings. The summed E-state index contributed by atoms with van der Waals surface area (Å²) in [7, 11) is 0. The van der Waals surface area contributed by atoms with Gasteiger partial charge in [0.2, 0.25) is 0 Å². The van der Waals surface area contributed by atoms with Gasteiger partial charge in [-0.3, -0.25) is 9.88 Å². The quantitative estimate of drug-likeness (QED) is 0.873. The highest BCUT2D eigenvalue weighted by atomic mass is 15.1. The number of likely N-dealkylation sites (tertiary alicyclic amines) is 1. The SMILES string of the molecule is Cc1cnc(CN2CCCC(C)CC2)c(C)c1N. The molecule has 0 aromatic carbocycles. The molecule has 1 aliphatic rings. The topological polar surface area (TPSA) is 42.2 Å². The first-order valence-corrected chi connectivity index (χ1v) is 7.01. The molecule has 1 atom stereocenters. The van der Waals surface area contributed by atoms with Crippen molar-refractivity contribution in [2.45, 2.75) is 46.6 Å². The largest absolute Gasteiger partial charge is 0.398 e.